The first-order valence-electron chi connectivity index (χ1n) is 6.37. The molecule has 0 radical (unpaired) electrons. The van der Waals surface area contributed by atoms with Gasteiger partial charge in [-0.25, -0.2) is 0 Å². The molecule has 1 atom stereocenters. The molecule has 1 aliphatic heterocycles. The molecule has 5 nitrogen and oxygen atoms in total. The van der Waals surface area contributed by atoms with Crippen molar-refractivity contribution in [3.05, 3.63) is 16.6 Å². The Morgan fingerprint density at radius 1 is 1.67 bits per heavy atom. The number of rotatable bonds is 5. The number of nitrogens with one attached hydrogen (secondary N) is 1. The summed E-state index contributed by atoms with van der Waals surface area (Å²) in [6.45, 7) is 3.89. The van der Waals surface area contributed by atoms with Gasteiger partial charge >= 0.3 is 0 Å². The van der Waals surface area contributed by atoms with E-state index in [2.05, 4.69) is 15.2 Å². The summed E-state index contributed by atoms with van der Waals surface area (Å²) < 4.78 is 0. The van der Waals surface area contributed by atoms with E-state index in [1.54, 1.807) is 11.3 Å². The highest BCUT2D eigenvalue weighted by Gasteiger charge is 2.25. The first-order chi connectivity index (χ1) is 8.79. The van der Waals surface area contributed by atoms with Crippen LogP contribution < -0.4 is 11.1 Å². The fourth-order valence-corrected chi connectivity index (χ4v) is 2.93. The van der Waals surface area contributed by atoms with Gasteiger partial charge in [-0.15, -0.1) is 11.3 Å². The molecule has 0 aromatic carbocycles. The van der Waals surface area contributed by atoms with Crippen LogP contribution >= 0.6 is 11.3 Å². The molecule has 3 N–H and O–H groups in total. The van der Waals surface area contributed by atoms with Gasteiger partial charge < -0.3 is 11.1 Å². The van der Waals surface area contributed by atoms with E-state index in [9.17, 15) is 4.79 Å². The highest BCUT2D eigenvalue weighted by atomic mass is 32.1. The Morgan fingerprint density at radius 3 is 3.28 bits per heavy atom. The molecule has 1 unspecified atom stereocenters. The standard InChI is InChI=1S/C12H20N4OS/c13-3-4-15-12(17)10-2-1-5-16(7-10)8-11-6-14-9-18-11/h6,9-10H,1-5,7-8,13H2,(H,15,17). The number of piperidine rings is 1. The average Bonchev–Trinajstić information content (AvgIpc) is 2.89. The van der Waals surface area contributed by atoms with Crippen LogP contribution in [0.3, 0.4) is 0 Å². The van der Waals surface area contributed by atoms with Crippen LogP contribution in [-0.2, 0) is 11.3 Å². The molecule has 100 valence electrons. The predicted octanol–water partition coefficient (Wildman–Crippen LogP) is 0.430. The Balaban J connectivity index is 1.82. The third-order valence-corrected chi connectivity index (χ3v) is 3.95. The zero-order valence-electron chi connectivity index (χ0n) is 10.5. The number of carbonyl (C=O) groups excluding carboxylic acids is 1. The molecule has 18 heavy (non-hydrogen) atoms. The number of amides is 1. The van der Waals surface area contributed by atoms with E-state index >= 15 is 0 Å². The smallest absolute Gasteiger partial charge is 0.224 e. The molecule has 1 aromatic rings. The monoisotopic (exact) mass is 268 g/mol. The first kappa shape index (κ1) is 13.5. The van der Waals surface area contributed by atoms with Crippen molar-refractivity contribution in [2.45, 2.75) is 19.4 Å². The van der Waals surface area contributed by atoms with Crippen molar-refractivity contribution in [3.63, 3.8) is 0 Å². The van der Waals surface area contributed by atoms with Gasteiger partial charge in [0.05, 0.1) is 11.4 Å². The number of carbonyl (C=O) groups is 1. The first-order valence-corrected chi connectivity index (χ1v) is 7.25. The molecule has 1 fully saturated rings. The molecule has 0 saturated carbocycles. The van der Waals surface area contributed by atoms with Crippen LogP contribution in [0.4, 0.5) is 0 Å². The second-order valence-corrected chi connectivity index (χ2v) is 5.59. The minimum absolute atomic E-state index is 0.109. The second-order valence-electron chi connectivity index (χ2n) is 4.62. The van der Waals surface area contributed by atoms with Gasteiger partial charge in [-0.05, 0) is 19.4 Å². The number of hydrogen-bond acceptors (Lipinski definition) is 5. The third-order valence-electron chi connectivity index (χ3n) is 3.18. The van der Waals surface area contributed by atoms with Crippen LogP contribution in [0.15, 0.2) is 11.7 Å². The van der Waals surface area contributed by atoms with E-state index in [0.717, 1.165) is 32.5 Å². The Kier molecular flexibility index (Phi) is 5.10. The van der Waals surface area contributed by atoms with Crippen molar-refractivity contribution in [3.8, 4) is 0 Å². The largest absolute Gasteiger partial charge is 0.355 e. The Hall–Kier alpha value is -0.980. The van der Waals surface area contributed by atoms with Crippen LogP contribution in [0.1, 0.15) is 17.7 Å². The van der Waals surface area contributed by atoms with Crippen LogP contribution in [0.5, 0.6) is 0 Å². The van der Waals surface area contributed by atoms with Crippen LogP contribution in [0.25, 0.3) is 0 Å². The van der Waals surface area contributed by atoms with Crippen molar-refractivity contribution in [2.75, 3.05) is 26.2 Å². The zero-order chi connectivity index (χ0) is 12.8. The fraction of sp³-hybridized carbons (Fsp3) is 0.667. The maximum absolute atomic E-state index is 11.9. The van der Waals surface area contributed by atoms with Gasteiger partial charge in [0.15, 0.2) is 0 Å². The lowest BCUT2D eigenvalue weighted by molar-refractivity contribution is -0.126. The maximum Gasteiger partial charge on any atom is 0.224 e. The molecule has 6 heteroatoms. The van der Waals surface area contributed by atoms with E-state index in [0.29, 0.717) is 13.1 Å². The van der Waals surface area contributed by atoms with Crippen molar-refractivity contribution >= 4 is 17.2 Å². The van der Waals surface area contributed by atoms with Crippen molar-refractivity contribution < 1.29 is 4.79 Å². The SMILES string of the molecule is NCCNC(=O)C1CCCN(Cc2cncs2)C1. The minimum Gasteiger partial charge on any atom is -0.355 e. The molecule has 1 saturated heterocycles. The van der Waals surface area contributed by atoms with Gasteiger partial charge in [0.1, 0.15) is 0 Å². The average molecular weight is 268 g/mol. The van der Waals surface area contributed by atoms with E-state index in [-0.39, 0.29) is 11.8 Å². The highest BCUT2D eigenvalue weighted by Crippen LogP contribution is 2.19. The molecule has 1 aromatic heterocycles. The van der Waals surface area contributed by atoms with Gasteiger partial charge in [0, 0.05) is 37.3 Å². The quantitative estimate of drug-likeness (QED) is 0.812. The molecular formula is C12H20N4OS. The van der Waals surface area contributed by atoms with E-state index in [1.807, 2.05) is 11.7 Å². The molecular weight excluding hydrogens is 248 g/mol. The number of thiazole rings is 1. The Morgan fingerprint density at radius 2 is 2.56 bits per heavy atom. The summed E-state index contributed by atoms with van der Waals surface area (Å²) in [6.07, 6.45) is 3.97. The number of nitrogens with zero attached hydrogens (tertiary/aromatic N) is 2. The van der Waals surface area contributed by atoms with Crippen molar-refractivity contribution in [1.82, 2.24) is 15.2 Å². The highest BCUT2D eigenvalue weighted by molar-refractivity contribution is 7.09. The fourth-order valence-electron chi connectivity index (χ4n) is 2.29. The van der Waals surface area contributed by atoms with Gasteiger partial charge in [0.2, 0.25) is 5.91 Å². The van der Waals surface area contributed by atoms with Gasteiger partial charge in [-0.2, -0.15) is 0 Å². The second kappa shape index (κ2) is 6.82. The summed E-state index contributed by atoms with van der Waals surface area (Å²) in [6, 6.07) is 0. The van der Waals surface area contributed by atoms with Gasteiger partial charge in [-0.3, -0.25) is 14.7 Å². The molecule has 0 aliphatic carbocycles. The van der Waals surface area contributed by atoms with Crippen LogP contribution in [0, 0.1) is 5.92 Å². The van der Waals surface area contributed by atoms with Gasteiger partial charge in [0.25, 0.3) is 0 Å². The minimum atomic E-state index is 0.109. The van der Waals surface area contributed by atoms with Crippen molar-refractivity contribution in [2.24, 2.45) is 11.7 Å². The normalized spacial score (nSPS) is 20.8. The predicted molar refractivity (Wildman–Crippen MR) is 72.2 cm³/mol. The number of hydrogen-bond donors (Lipinski definition) is 2. The number of nitrogens with two attached hydrogens (primary N) is 1. The van der Waals surface area contributed by atoms with Crippen molar-refractivity contribution in [1.29, 1.82) is 0 Å². The maximum atomic E-state index is 11.9. The number of likely N-dealkylation sites (tertiary alicyclic amines) is 1. The topological polar surface area (TPSA) is 71.2 Å². The zero-order valence-corrected chi connectivity index (χ0v) is 11.3. The number of aromatic nitrogens is 1. The molecule has 1 amide bonds. The molecule has 1 aliphatic rings. The lowest BCUT2D eigenvalue weighted by Gasteiger charge is -2.31. The molecule has 2 rings (SSSR count). The molecule has 2 heterocycles. The summed E-state index contributed by atoms with van der Waals surface area (Å²) >= 11 is 1.67. The lowest BCUT2D eigenvalue weighted by atomic mass is 9.97. The van der Waals surface area contributed by atoms with E-state index in [1.165, 1.54) is 4.88 Å². The van der Waals surface area contributed by atoms with E-state index < -0.39 is 0 Å². The van der Waals surface area contributed by atoms with Crippen LogP contribution in [-0.4, -0.2) is 42.0 Å². The summed E-state index contributed by atoms with van der Waals surface area (Å²) in [5.74, 6) is 0.257. The van der Waals surface area contributed by atoms with E-state index in [4.69, 9.17) is 5.73 Å². The summed E-state index contributed by atoms with van der Waals surface area (Å²) in [7, 11) is 0. The summed E-state index contributed by atoms with van der Waals surface area (Å²) in [5.41, 5.74) is 7.25. The third kappa shape index (κ3) is 3.76. The molecule has 0 spiro atoms. The lowest BCUT2D eigenvalue weighted by Crippen LogP contribution is -2.43. The summed E-state index contributed by atoms with van der Waals surface area (Å²) in [5, 5.41) is 2.88. The Bertz CT molecular complexity index is 368. The molecule has 0 bridgehead atoms. The summed E-state index contributed by atoms with van der Waals surface area (Å²) in [4.78, 5) is 19.6. The van der Waals surface area contributed by atoms with Crippen LogP contribution in [0.2, 0.25) is 0 Å². The van der Waals surface area contributed by atoms with Gasteiger partial charge in [-0.1, -0.05) is 0 Å². The Labute approximate surface area is 111 Å².